The van der Waals surface area contributed by atoms with E-state index < -0.39 is 17.5 Å². The Morgan fingerprint density at radius 3 is 2.18 bits per heavy atom. The Morgan fingerprint density at radius 1 is 1.02 bits per heavy atom. The van der Waals surface area contributed by atoms with Crippen LogP contribution < -0.4 is 38.1 Å². The van der Waals surface area contributed by atoms with Gasteiger partial charge in [-0.25, -0.2) is 0 Å². The Bertz CT molecular complexity index is 1090. The Kier molecular flexibility index (Phi) is 30.0. The first-order valence-corrected chi connectivity index (χ1v) is 16.4. The van der Waals surface area contributed by atoms with Crippen molar-refractivity contribution in [3.63, 3.8) is 0 Å². The summed E-state index contributed by atoms with van der Waals surface area (Å²) in [6.07, 6.45) is 9.36. The zero-order valence-electron chi connectivity index (χ0n) is 29.7. The van der Waals surface area contributed by atoms with Crippen LogP contribution in [-0.4, -0.2) is 124 Å². The van der Waals surface area contributed by atoms with Gasteiger partial charge in [-0.2, -0.15) is 0 Å². The second-order valence-corrected chi connectivity index (χ2v) is 10.5. The number of nitrogens with zero attached hydrogens (tertiary/aromatic N) is 2. The summed E-state index contributed by atoms with van der Waals surface area (Å²) in [7, 11) is 1.48. The molecule has 1 saturated heterocycles. The van der Waals surface area contributed by atoms with Crippen molar-refractivity contribution in [2.75, 3.05) is 59.8 Å². The summed E-state index contributed by atoms with van der Waals surface area (Å²) >= 11 is 0. The number of pyridine rings is 1. The number of carbonyl (C=O) groups excluding carboxylic acids is 7. The molecule has 1 fully saturated rings. The average molecular weight is 712 g/mol. The van der Waals surface area contributed by atoms with Crippen LogP contribution in [0.3, 0.4) is 0 Å². The molecule has 0 saturated carbocycles. The number of amides is 7. The molecule has 0 unspecified atom stereocenters. The molecule has 1 aliphatic heterocycles. The molecular formula is C32H57N9O9. The fraction of sp³-hybridized carbons (Fsp3) is 0.625. The van der Waals surface area contributed by atoms with Crippen molar-refractivity contribution in [2.45, 2.75) is 70.9 Å². The quantitative estimate of drug-likeness (QED) is 0.0420. The summed E-state index contributed by atoms with van der Waals surface area (Å²) in [5.41, 5.74) is 10.1. The second-order valence-electron chi connectivity index (χ2n) is 10.5. The van der Waals surface area contributed by atoms with Crippen LogP contribution in [0.15, 0.2) is 24.5 Å². The van der Waals surface area contributed by atoms with E-state index in [9.17, 15) is 33.6 Å². The van der Waals surface area contributed by atoms with Crippen molar-refractivity contribution < 1.29 is 43.0 Å². The summed E-state index contributed by atoms with van der Waals surface area (Å²) in [6.45, 7) is 8.19. The number of rotatable bonds is 21. The highest BCUT2D eigenvalue weighted by atomic mass is 16.5. The lowest BCUT2D eigenvalue weighted by atomic mass is 9.89. The summed E-state index contributed by atoms with van der Waals surface area (Å²) in [5, 5.41) is 13.4. The van der Waals surface area contributed by atoms with E-state index in [1.54, 1.807) is 12.4 Å². The van der Waals surface area contributed by atoms with Crippen molar-refractivity contribution in [1.82, 2.24) is 36.5 Å². The van der Waals surface area contributed by atoms with E-state index in [2.05, 4.69) is 31.6 Å². The maximum Gasteiger partial charge on any atom is 0.245 e. The van der Waals surface area contributed by atoms with Crippen molar-refractivity contribution in [2.24, 2.45) is 11.5 Å². The summed E-state index contributed by atoms with van der Waals surface area (Å²) in [6, 6.07) is 3.04. The predicted octanol–water partition coefficient (Wildman–Crippen LogP) is -1.92. The number of ether oxygens (including phenoxy) is 2. The summed E-state index contributed by atoms with van der Waals surface area (Å²) in [5.74, 6) is -0.964. The number of hydrogen-bond donors (Lipinski definition) is 7. The molecule has 1 aliphatic rings. The topological polar surface area (TPSA) is 266 Å². The van der Waals surface area contributed by atoms with Gasteiger partial charge in [-0.1, -0.05) is 19.9 Å². The zero-order chi connectivity index (χ0) is 38.0. The standard InChI is InChI=1S/C14H25N3O4.C12H18N4O3.C4H8N2O2.C2H6/c1-12(19)15-7-3-2-4-8-16-13(20)14(17-11-18)5-9-21-10-6-14;13-8-19-7-11(16-9-17)12(18)15-5-3-10-2-1-4-14-6-10;1-6(3-7)2-4(5)8;1-2/h11H,2-10H2,1H3,(H,15,19)(H,16,20)(H,17,18);1-2,4,6,9,11H,3,5,7-8,13H2,(H,15,18)(H,16,17);3H,2H2,1H3,(H2,5,8);1-2H3/t;11-;;/m.0../s1. The molecule has 0 radical (unpaired) electrons. The molecule has 50 heavy (non-hydrogen) atoms. The van der Waals surface area contributed by atoms with Crippen molar-refractivity contribution in [3.05, 3.63) is 30.1 Å². The molecule has 1 aromatic heterocycles. The SMILES string of the molecule is CC.CC(=O)NCCCCCNC(=O)C1(NC=O)CCOCC1.CN(C=O)CC(N)=O.NCOC[C@H](NC=O)C(=O)NCCc1cccnc1. The van der Waals surface area contributed by atoms with Gasteiger partial charge in [0.15, 0.2) is 0 Å². The van der Waals surface area contributed by atoms with Crippen LogP contribution in [-0.2, 0) is 49.5 Å². The van der Waals surface area contributed by atoms with E-state index in [1.165, 1.54) is 18.9 Å². The van der Waals surface area contributed by atoms with E-state index in [0.717, 1.165) is 24.8 Å². The van der Waals surface area contributed by atoms with Gasteiger partial charge in [-0.05, 0) is 37.3 Å². The normalized spacial score (nSPS) is 12.9. The van der Waals surface area contributed by atoms with E-state index in [0.29, 0.717) is 71.3 Å². The smallest absolute Gasteiger partial charge is 0.245 e. The molecule has 9 N–H and O–H groups in total. The first kappa shape index (κ1) is 47.4. The molecule has 0 aromatic carbocycles. The molecule has 0 spiro atoms. The largest absolute Gasteiger partial charge is 0.381 e. The van der Waals surface area contributed by atoms with Gasteiger partial charge in [0.2, 0.25) is 42.9 Å². The van der Waals surface area contributed by atoms with Gasteiger partial charge in [0.1, 0.15) is 11.6 Å². The van der Waals surface area contributed by atoms with Crippen LogP contribution in [0.25, 0.3) is 0 Å². The van der Waals surface area contributed by atoms with E-state index in [-0.39, 0.29) is 37.6 Å². The van der Waals surface area contributed by atoms with Gasteiger partial charge in [0.05, 0.1) is 19.9 Å². The predicted molar refractivity (Wildman–Crippen MR) is 186 cm³/mol. The Balaban J connectivity index is 0. The molecule has 2 heterocycles. The maximum absolute atomic E-state index is 12.2. The lowest BCUT2D eigenvalue weighted by molar-refractivity contribution is -0.134. The van der Waals surface area contributed by atoms with E-state index in [4.69, 9.17) is 20.9 Å². The molecule has 0 aliphatic carbocycles. The minimum atomic E-state index is -0.823. The second kappa shape index (κ2) is 31.6. The third-order valence-electron chi connectivity index (χ3n) is 6.64. The van der Waals surface area contributed by atoms with Crippen molar-refractivity contribution in [3.8, 4) is 0 Å². The fourth-order valence-electron chi connectivity index (χ4n) is 4.08. The summed E-state index contributed by atoms with van der Waals surface area (Å²) in [4.78, 5) is 80.7. The van der Waals surface area contributed by atoms with E-state index >= 15 is 0 Å². The van der Waals surface area contributed by atoms with Crippen LogP contribution in [0, 0.1) is 0 Å². The number of unbranched alkanes of at least 4 members (excludes halogenated alkanes) is 2. The molecule has 0 bridgehead atoms. The molecule has 2 rings (SSSR count). The van der Waals surface area contributed by atoms with Gasteiger partial charge >= 0.3 is 0 Å². The maximum atomic E-state index is 12.2. The number of nitrogens with one attached hydrogen (secondary N) is 5. The lowest BCUT2D eigenvalue weighted by Crippen LogP contribution is -2.59. The monoisotopic (exact) mass is 711 g/mol. The van der Waals surface area contributed by atoms with Crippen LogP contribution >= 0.6 is 0 Å². The summed E-state index contributed by atoms with van der Waals surface area (Å²) < 4.78 is 10.2. The minimum Gasteiger partial charge on any atom is -0.381 e. The highest BCUT2D eigenvalue weighted by Gasteiger charge is 2.39. The van der Waals surface area contributed by atoms with Gasteiger partial charge in [0.25, 0.3) is 0 Å². The average Bonchev–Trinajstić information content (AvgIpc) is 3.11. The Morgan fingerprint density at radius 2 is 1.68 bits per heavy atom. The van der Waals surface area contributed by atoms with Gasteiger partial charge in [0, 0.05) is 72.1 Å². The van der Waals surface area contributed by atoms with E-state index in [1.807, 2.05) is 26.0 Å². The number of carbonyl (C=O) groups is 7. The van der Waals surface area contributed by atoms with Crippen molar-refractivity contribution >= 4 is 42.9 Å². The van der Waals surface area contributed by atoms with Crippen LogP contribution in [0.5, 0.6) is 0 Å². The molecule has 1 aromatic rings. The third-order valence-corrected chi connectivity index (χ3v) is 6.64. The van der Waals surface area contributed by atoms with Crippen LogP contribution in [0.2, 0.25) is 0 Å². The van der Waals surface area contributed by atoms with Crippen molar-refractivity contribution in [1.29, 1.82) is 0 Å². The lowest BCUT2D eigenvalue weighted by Gasteiger charge is -2.35. The number of likely N-dealkylation sites (N-methyl/N-ethyl adjacent to an activating group) is 1. The highest BCUT2D eigenvalue weighted by molar-refractivity contribution is 5.88. The third kappa shape index (κ3) is 24.5. The molecular weight excluding hydrogens is 654 g/mol. The molecule has 7 amide bonds. The molecule has 18 nitrogen and oxygen atoms in total. The number of primary amides is 1. The van der Waals surface area contributed by atoms with Gasteiger partial charge < -0.3 is 52.4 Å². The van der Waals surface area contributed by atoms with Gasteiger partial charge in [-0.15, -0.1) is 0 Å². The fourth-order valence-corrected chi connectivity index (χ4v) is 4.08. The molecule has 284 valence electrons. The zero-order valence-corrected chi connectivity index (χ0v) is 29.7. The highest BCUT2D eigenvalue weighted by Crippen LogP contribution is 2.20. The molecule has 18 heteroatoms. The Labute approximate surface area is 294 Å². The molecule has 1 atom stereocenters. The first-order chi connectivity index (χ1) is 24.0. The van der Waals surface area contributed by atoms with Crippen LogP contribution in [0.4, 0.5) is 0 Å². The minimum absolute atomic E-state index is 0.00000190. The number of hydrogen-bond acceptors (Lipinski definition) is 11. The Hall–Kier alpha value is -4.68. The number of nitrogens with two attached hydrogens (primary N) is 2. The number of aromatic nitrogens is 1. The first-order valence-electron chi connectivity index (χ1n) is 16.4. The van der Waals surface area contributed by atoms with Gasteiger partial charge in [-0.3, -0.25) is 38.5 Å². The van der Waals surface area contributed by atoms with Crippen LogP contribution in [0.1, 0.15) is 58.4 Å².